The molecular formula is C27H33N5O5. The minimum absolute atomic E-state index is 0.0522. The van der Waals surface area contributed by atoms with Crippen molar-refractivity contribution in [2.24, 2.45) is 0 Å². The smallest absolute Gasteiger partial charge is 0.311 e. The van der Waals surface area contributed by atoms with Crippen LogP contribution in [-0.4, -0.2) is 73.0 Å². The number of esters is 1. The lowest BCUT2D eigenvalue weighted by Crippen LogP contribution is -2.47. The number of rotatable bonds is 10. The topological polar surface area (TPSA) is 106 Å². The lowest BCUT2D eigenvalue weighted by Gasteiger charge is -2.36. The van der Waals surface area contributed by atoms with Crippen LogP contribution in [0.2, 0.25) is 0 Å². The number of anilines is 1. The summed E-state index contributed by atoms with van der Waals surface area (Å²) in [5.41, 5.74) is 1.20. The first-order chi connectivity index (χ1) is 18.0. The zero-order chi connectivity index (χ0) is 26.2. The Labute approximate surface area is 215 Å². The van der Waals surface area contributed by atoms with Crippen LogP contribution >= 0.6 is 0 Å². The third kappa shape index (κ3) is 6.45. The van der Waals surface area contributed by atoms with Crippen molar-refractivity contribution < 1.29 is 19.1 Å². The lowest BCUT2D eigenvalue weighted by molar-refractivity contribution is -0.142. The van der Waals surface area contributed by atoms with Gasteiger partial charge in [-0.1, -0.05) is 30.3 Å². The highest BCUT2D eigenvalue weighted by atomic mass is 16.5. The number of nitrogens with one attached hydrogen (secondary N) is 1. The van der Waals surface area contributed by atoms with Crippen LogP contribution in [0, 0.1) is 0 Å². The van der Waals surface area contributed by atoms with Crippen molar-refractivity contribution in [3.63, 3.8) is 0 Å². The highest BCUT2D eigenvalue weighted by molar-refractivity contribution is 5.87. The quantitative estimate of drug-likeness (QED) is 0.414. The number of amides is 1. The van der Waals surface area contributed by atoms with Crippen LogP contribution in [0.4, 0.5) is 5.69 Å². The molecule has 1 aliphatic rings. The van der Waals surface area contributed by atoms with E-state index in [0.717, 1.165) is 37.6 Å². The van der Waals surface area contributed by atoms with Crippen molar-refractivity contribution in [1.82, 2.24) is 20.0 Å². The Balaban J connectivity index is 1.31. The standard InChI is InChI=1S/C27H33N5O5/c1-3-37-26(34)18-22-20-8-4-5-9-21(20)27(35)32(29-22)19-28-25(33)12-13-30-14-16-31(17-15-30)23-10-6-7-11-24(23)36-2/h4-11H,3,12-19H2,1-2H3,(H,28,33). The van der Waals surface area contributed by atoms with Gasteiger partial charge in [-0.2, -0.15) is 5.10 Å². The minimum Gasteiger partial charge on any atom is -0.495 e. The number of para-hydroxylation sites is 2. The molecule has 10 heteroatoms. The van der Waals surface area contributed by atoms with E-state index in [1.165, 1.54) is 4.68 Å². The fraction of sp³-hybridized carbons (Fsp3) is 0.407. The predicted octanol–water partition coefficient (Wildman–Crippen LogP) is 1.80. The van der Waals surface area contributed by atoms with Crippen molar-refractivity contribution in [1.29, 1.82) is 0 Å². The molecule has 2 aromatic carbocycles. The minimum atomic E-state index is -0.416. The molecule has 0 bridgehead atoms. The summed E-state index contributed by atoms with van der Waals surface area (Å²) < 4.78 is 11.7. The molecule has 10 nitrogen and oxygen atoms in total. The summed E-state index contributed by atoms with van der Waals surface area (Å²) in [6.45, 7) is 5.94. The molecule has 0 spiro atoms. The Hall–Kier alpha value is -3.92. The molecule has 196 valence electrons. The van der Waals surface area contributed by atoms with Gasteiger partial charge in [0.1, 0.15) is 12.4 Å². The van der Waals surface area contributed by atoms with E-state index in [2.05, 4.69) is 26.3 Å². The van der Waals surface area contributed by atoms with Gasteiger partial charge in [0, 0.05) is 44.5 Å². The third-order valence-electron chi connectivity index (χ3n) is 6.44. The normalized spacial score (nSPS) is 13.9. The summed E-state index contributed by atoms with van der Waals surface area (Å²) in [7, 11) is 1.68. The zero-order valence-electron chi connectivity index (χ0n) is 21.3. The molecule has 0 saturated carbocycles. The van der Waals surface area contributed by atoms with Crippen LogP contribution in [-0.2, 0) is 27.4 Å². The second-order valence-electron chi connectivity index (χ2n) is 8.79. The Kier molecular flexibility index (Phi) is 8.73. The van der Waals surface area contributed by atoms with E-state index in [-0.39, 0.29) is 31.2 Å². The lowest BCUT2D eigenvalue weighted by atomic mass is 10.1. The molecule has 0 radical (unpaired) electrons. The first-order valence-electron chi connectivity index (χ1n) is 12.5. The Morgan fingerprint density at radius 2 is 1.70 bits per heavy atom. The van der Waals surface area contributed by atoms with Crippen molar-refractivity contribution in [2.45, 2.75) is 26.4 Å². The van der Waals surface area contributed by atoms with Crippen molar-refractivity contribution in [2.75, 3.05) is 51.3 Å². The second-order valence-corrected chi connectivity index (χ2v) is 8.79. The van der Waals surface area contributed by atoms with E-state index < -0.39 is 5.97 Å². The highest BCUT2D eigenvalue weighted by Gasteiger charge is 2.20. The molecule has 1 saturated heterocycles. The number of piperazine rings is 1. The number of aromatic nitrogens is 2. The van der Waals surface area contributed by atoms with Gasteiger partial charge in [0.25, 0.3) is 5.56 Å². The van der Waals surface area contributed by atoms with Crippen molar-refractivity contribution in [3.05, 3.63) is 64.6 Å². The van der Waals surface area contributed by atoms with Gasteiger partial charge in [-0.15, -0.1) is 0 Å². The molecule has 1 amide bonds. The number of benzene rings is 2. The maximum atomic E-state index is 12.9. The van der Waals surface area contributed by atoms with Crippen LogP contribution < -0.4 is 20.5 Å². The van der Waals surface area contributed by atoms with Gasteiger partial charge in [-0.25, -0.2) is 4.68 Å². The van der Waals surface area contributed by atoms with Gasteiger partial charge in [0.2, 0.25) is 5.91 Å². The molecule has 0 aliphatic carbocycles. The number of hydrogen-bond acceptors (Lipinski definition) is 8. The van der Waals surface area contributed by atoms with E-state index in [4.69, 9.17) is 9.47 Å². The Bertz CT molecular complexity index is 1300. The summed E-state index contributed by atoms with van der Waals surface area (Å²) in [6, 6.07) is 15.0. The number of hydrogen-bond donors (Lipinski definition) is 1. The van der Waals surface area contributed by atoms with E-state index in [9.17, 15) is 14.4 Å². The van der Waals surface area contributed by atoms with Gasteiger partial charge in [-0.05, 0) is 25.1 Å². The summed E-state index contributed by atoms with van der Waals surface area (Å²) in [5, 5.41) is 8.20. The van der Waals surface area contributed by atoms with E-state index in [1.807, 2.05) is 18.2 Å². The molecule has 0 atom stereocenters. The van der Waals surface area contributed by atoms with Crippen LogP contribution in [0.25, 0.3) is 10.8 Å². The van der Waals surface area contributed by atoms with Crippen LogP contribution in [0.1, 0.15) is 19.0 Å². The molecule has 37 heavy (non-hydrogen) atoms. The number of methoxy groups -OCH3 is 1. The maximum absolute atomic E-state index is 12.9. The average Bonchev–Trinajstić information content (AvgIpc) is 2.93. The molecule has 1 aliphatic heterocycles. The van der Waals surface area contributed by atoms with Gasteiger partial charge >= 0.3 is 5.97 Å². The van der Waals surface area contributed by atoms with E-state index >= 15 is 0 Å². The van der Waals surface area contributed by atoms with Crippen LogP contribution in [0.3, 0.4) is 0 Å². The Morgan fingerprint density at radius 3 is 2.43 bits per heavy atom. The molecule has 0 unspecified atom stereocenters. The molecule has 2 heterocycles. The summed E-state index contributed by atoms with van der Waals surface area (Å²) in [6.07, 6.45) is 0.260. The number of carbonyl (C=O) groups is 2. The van der Waals surface area contributed by atoms with E-state index in [0.29, 0.717) is 29.4 Å². The molecular weight excluding hydrogens is 474 g/mol. The fourth-order valence-corrected chi connectivity index (χ4v) is 4.51. The third-order valence-corrected chi connectivity index (χ3v) is 6.44. The monoisotopic (exact) mass is 507 g/mol. The van der Waals surface area contributed by atoms with Gasteiger partial charge in [0.05, 0.1) is 36.9 Å². The largest absolute Gasteiger partial charge is 0.495 e. The van der Waals surface area contributed by atoms with Crippen molar-refractivity contribution in [3.8, 4) is 5.75 Å². The summed E-state index contributed by atoms with van der Waals surface area (Å²) in [4.78, 5) is 42.1. The summed E-state index contributed by atoms with van der Waals surface area (Å²) >= 11 is 0. The molecule has 1 N–H and O–H groups in total. The van der Waals surface area contributed by atoms with E-state index in [1.54, 1.807) is 38.3 Å². The first-order valence-corrected chi connectivity index (χ1v) is 12.5. The van der Waals surface area contributed by atoms with Crippen LogP contribution in [0.15, 0.2) is 53.3 Å². The van der Waals surface area contributed by atoms with Gasteiger partial charge in [-0.3, -0.25) is 19.3 Å². The van der Waals surface area contributed by atoms with Crippen LogP contribution in [0.5, 0.6) is 5.75 Å². The zero-order valence-corrected chi connectivity index (χ0v) is 21.3. The first kappa shape index (κ1) is 26.2. The number of ether oxygens (including phenoxy) is 2. The number of fused-ring (bicyclic) bond motifs is 1. The number of carbonyl (C=O) groups excluding carboxylic acids is 2. The van der Waals surface area contributed by atoms with Gasteiger partial charge < -0.3 is 19.7 Å². The SMILES string of the molecule is CCOC(=O)Cc1nn(CNC(=O)CCN2CCN(c3ccccc3OC)CC2)c(=O)c2ccccc12. The molecule has 1 fully saturated rings. The number of nitrogens with zero attached hydrogens (tertiary/aromatic N) is 4. The second kappa shape index (κ2) is 12.4. The molecule has 1 aromatic heterocycles. The highest BCUT2D eigenvalue weighted by Crippen LogP contribution is 2.28. The molecule has 4 rings (SSSR count). The van der Waals surface area contributed by atoms with Gasteiger partial charge in [0.15, 0.2) is 0 Å². The average molecular weight is 508 g/mol. The maximum Gasteiger partial charge on any atom is 0.311 e. The summed E-state index contributed by atoms with van der Waals surface area (Å²) in [5.74, 6) is 0.277. The Morgan fingerprint density at radius 1 is 1.00 bits per heavy atom. The molecule has 3 aromatic rings. The fourth-order valence-electron chi connectivity index (χ4n) is 4.51. The predicted molar refractivity (Wildman–Crippen MR) is 141 cm³/mol. The van der Waals surface area contributed by atoms with Crippen molar-refractivity contribution >= 4 is 28.3 Å².